The summed E-state index contributed by atoms with van der Waals surface area (Å²) >= 11 is 1.60. The molecule has 1 fully saturated rings. The van der Waals surface area contributed by atoms with E-state index < -0.39 is 0 Å². The lowest BCUT2D eigenvalue weighted by Crippen LogP contribution is -2.46. The monoisotopic (exact) mass is 310 g/mol. The Morgan fingerprint density at radius 3 is 2.62 bits per heavy atom. The quantitative estimate of drug-likeness (QED) is 0.849. The molecule has 0 spiro atoms. The molecule has 1 saturated heterocycles. The van der Waals surface area contributed by atoms with Gasteiger partial charge in [0.15, 0.2) is 0 Å². The maximum absolute atomic E-state index is 12.9. The normalized spacial score (nSPS) is 17.5. The second kappa shape index (κ2) is 7.80. The van der Waals surface area contributed by atoms with Gasteiger partial charge in [-0.25, -0.2) is 4.39 Å². The summed E-state index contributed by atoms with van der Waals surface area (Å²) in [5.74, 6) is 0.672. The van der Waals surface area contributed by atoms with Gasteiger partial charge in [0.1, 0.15) is 5.82 Å². The van der Waals surface area contributed by atoms with E-state index in [1.807, 2.05) is 18.9 Å². The highest BCUT2D eigenvalue weighted by molar-refractivity contribution is 7.99. The van der Waals surface area contributed by atoms with Gasteiger partial charge in [0.25, 0.3) is 0 Å². The average molecular weight is 310 g/mol. The largest absolute Gasteiger partial charge is 0.342 e. The maximum atomic E-state index is 12.9. The summed E-state index contributed by atoms with van der Waals surface area (Å²) in [6.45, 7) is 3.94. The number of carbonyl (C=O) groups excluding carboxylic acids is 1. The van der Waals surface area contributed by atoms with E-state index in [-0.39, 0.29) is 17.6 Å². The van der Waals surface area contributed by atoms with Crippen molar-refractivity contribution in [2.45, 2.75) is 30.7 Å². The van der Waals surface area contributed by atoms with Crippen molar-refractivity contribution >= 4 is 17.7 Å². The second-order valence-corrected chi connectivity index (χ2v) is 6.69. The molecule has 3 nitrogen and oxygen atoms in total. The summed E-state index contributed by atoms with van der Waals surface area (Å²) in [5.41, 5.74) is 0. The average Bonchev–Trinajstić information content (AvgIpc) is 2.53. The van der Waals surface area contributed by atoms with E-state index in [2.05, 4.69) is 5.32 Å². The zero-order valence-corrected chi connectivity index (χ0v) is 13.5. The molecule has 0 aromatic heterocycles. The van der Waals surface area contributed by atoms with E-state index in [9.17, 15) is 9.18 Å². The number of piperidine rings is 1. The van der Waals surface area contributed by atoms with Crippen LogP contribution in [-0.2, 0) is 4.79 Å². The van der Waals surface area contributed by atoms with E-state index in [0.29, 0.717) is 6.04 Å². The van der Waals surface area contributed by atoms with Crippen molar-refractivity contribution in [2.24, 2.45) is 5.92 Å². The molecule has 116 valence electrons. The Morgan fingerprint density at radius 1 is 1.38 bits per heavy atom. The number of halogens is 1. The molecule has 5 heteroatoms. The number of nitrogens with one attached hydrogen (secondary N) is 1. The summed E-state index contributed by atoms with van der Waals surface area (Å²) in [5, 5.41) is 3.32. The van der Waals surface area contributed by atoms with Gasteiger partial charge in [-0.15, -0.1) is 11.8 Å². The first-order valence-electron chi connectivity index (χ1n) is 7.43. The van der Waals surface area contributed by atoms with Crippen LogP contribution in [0, 0.1) is 11.7 Å². The molecule has 0 radical (unpaired) electrons. The van der Waals surface area contributed by atoms with E-state index in [4.69, 9.17) is 0 Å². The van der Waals surface area contributed by atoms with Crippen molar-refractivity contribution in [1.82, 2.24) is 10.2 Å². The van der Waals surface area contributed by atoms with Crippen LogP contribution in [0.3, 0.4) is 0 Å². The molecule has 0 aliphatic carbocycles. The van der Waals surface area contributed by atoms with Crippen LogP contribution in [0.4, 0.5) is 4.39 Å². The first kappa shape index (κ1) is 16.3. The Kier molecular flexibility index (Phi) is 6.06. The minimum absolute atomic E-state index is 0.0278. The number of benzene rings is 1. The summed E-state index contributed by atoms with van der Waals surface area (Å²) in [6.07, 6.45) is 2.06. The molecule has 1 aliphatic heterocycles. The van der Waals surface area contributed by atoms with Crippen molar-refractivity contribution in [3.8, 4) is 0 Å². The fraction of sp³-hybridized carbons (Fsp3) is 0.562. The van der Waals surface area contributed by atoms with Gasteiger partial charge in [0.05, 0.1) is 0 Å². The molecule has 1 aromatic rings. The maximum Gasteiger partial charge on any atom is 0.226 e. The van der Waals surface area contributed by atoms with Gasteiger partial charge in [-0.2, -0.15) is 0 Å². The molecule has 1 atom stereocenters. The zero-order valence-electron chi connectivity index (χ0n) is 12.6. The standard InChI is InChI=1S/C16H23FN2OS/c1-12(11-21-15-5-3-13(17)4-6-15)16(20)19(2)14-7-9-18-10-8-14/h3-6,12,14,18H,7-11H2,1-2H3. The van der Waals surface area contributed by atoms with Crippen LogP contribution in [0.5, 0.6) is 0 Å². The van der Waals surface area contributed by atoms with E-state index in [1.165, 1.54) is 12.1 Å². The topological polar surface area (TPSA) is 32.3 Å². The Labute approximate surface area is 130 Å². The van der Waals surface area contributed by atoms with Crippen molar-refractivity contribution in [1.29, 1.82) is 0 Å². The molecular weight excluding hydrogens is 287 g/mol. The lowest BCUT2D eigenvalue weighted by Gasteiger charge is -2.33. The predicted octanol–water partition coefficient (Wildman–Crippen LogP) is 2.76. The fourth-order valence-electron chi connectivity index (χ4n) is 2.54. The number of amides is 1. The highest BCUT2D eigenvalue weighted by Crippen LogP contribution is 2.22. The minimum Gasteiger partial charge on any atom is -0.342 e. The van der Waals surface area contributed by atoms with Gasteiger partial charge in [-0.05, 0) is 50.2 Å². The number of nitrogens with zero attached hydrogens (tertiary/aromatic N) is 1. The van der Waals surface area contributed by atoms with Gasteiger partial charge < -0.3 is 10.2 Å². The van der Waals surface area contributed by atoms with Crippen LogP contribution in [0.15, 0.2) is 29.2 Å². The van der Waals surface area contributed by atoms with Crippen molar-refractivity contribution in [3.63, 3.8) is 0 Å². The van der Waals surface area contributed by atoms with Gasteiger partial charge in [0.2, 0.25) is 5.91 Å². The molecule has 1 N–H and O–H groups in total. The van der Waals surface area contributed by atoms with Crippen molar-refractivity contribution in [2.75, 3.05) is 25.9 Å². The summed E-state index contributed by atoms with van der Waals surface area (Å²) in [4.78, 5) is 15.4. The Balaban J connectivity index is 1.82. The third-order valence-electron chi connectivity index (χ3n) is 3.94. The van der Waals surface area contributed by atoms with Crippen LogP contribution in [0.1, 0.15) is 19.8 Å². The molecule has 2 rings (SSSR count). The number of rotatable bonds is 5. The Hall–Kier alpha value is -1.07. The Bertz CT molecular complexity index is 460. The number of hydrogen-bond donors (Lipinski definition) is 1. The molecule has 1 heterocycles. The molecule has 1 amide bonds. The van der Waals surface area contributed by atoms with Gasteiger partial charge >= 0.3 is 0 Å². The van der Waals surface area contributed by atoms with Gasteiger partial charge in [0, 0.05) is 29.7 Å². The summed E-state index contributed by atoms with van der Waals surface area (Å²) in [7, 11) is 1.91. The zero-order chi connectivity index (χ0) is 15.2. The number of thioether (sulfide) groups is 1. The van der Waals surface area contributed by atoms with Crippen molar-refractivity contribution in [3.05, 3.63) is 30.1 Å². The molecule has 0 bridgehead atoms. The highest BCUT2D eigenvalue weighted by Gasteiger charge is 2.25. The molecule has 1 unspecified atom stereocenters. The number of carbonyl (C=O) groups is 1. The van der Waals surface area contributed by atoms with E-state index in [0.717, 1.165) is 36.6 Å². The molecule has 21 heavy (non-hydrogen) atoms. The smallest absolute Gasteiger partial charge is 0.226 e. The van der Waals surface area contributed by atoms with Crippen molar-refractivity contribution < 1.29 is 9.18 Å². The molecular formula is C16H23FN2OS. The van der Waals surface area contributed by atoms with Gasteiger partial charge in [-0.1, -0.05) is 6.92 Å². The number of hydrogen-bond acceptors (Lipinski definition) is 3. The first-order chi connectivity index (χ1) is 10.1. The summed E-state index contributed by atoms with van der Waals surface area (Å²) < 4.78 is 12.9. The van der Waals surface area contributed by atoms with E-state index in [1.54, 1.807) is 23.9 Å². The van der Waals surface area contributed by atoms with Crippen LogP contribution in [-0.4, -0.2) is 42.7 Å². The Morgan fingerprint density at radius 2 is 2.00 bits per heavy atom. The second-order valence-electron chi connectivity index (χ2n) is 5.60. The molecule has 1 aromatic carbocycles. The fourth-order valence-corrected chi connectivity index (χ4v) is 3.46. The van der Waals surface area contributed by atoms with Crippen LogP contribution < -0.4 is 5.32 Å². The first-order valence-corrected chi connectivity index (χ1v) is 8.42. The lowest BCUT2D eigenvalue weighted by molar-refractivity contribution is -0.135. The van der Waals surface area contributed by atoms with E-state index >= 15 is 0 Å². The highest BCUT2D eigenvalue weighted by atomic mass is 32.2. The van der Waals surface area contributed by atoms with Crippen LogP contribution in [0.25, 0.3) is 0 Å². The molecule has 1 aliphatic rings. The van der Waals surface area contributed by atoms with Gasteiger partial charge in [-0.3, -0.25) is 4.79 Å². The third kappa shape index (κ3) is 4.71. The SMILES string of the molecule is CC(CSc1ccc(F)cc1)C(=O)N(C)C1CCNCC1. The lowest BCUT2D eigenvalue weighted by atomic mass is 10.0. The summed E-state index contributed by atoms with van der Waals surface area (Å²) in [6, 6.07) is 6.78. The predicted molar refractivity (Wildman–Crippen MR) is 84.9 cm³/mol. The minimum atomic E-state index is -0.228. The third-order valence-corrected chi connectivity index (χ3v) is 5.21. The molecule has 0 saturated carbocycles. The van der Waals surface area contributed by atoms with Crippen LogP contribution >= 0.6 is 11.8 Å². The van der Waals surface area contributed by atoms with Crippen LogP contribution in [0.2, 0.25) is 0 Å².